The third-order valence-electron chi connectivity index (χ3n) is 6.20. The molecule has 1 aliphatic carbocycles. The minimum absolute atomic E-state index is 0.113. The van der Waals surface area contributed by atoms with Gasteiger partial charge in [-0.25, -0.2) is 0 Å². The monoisotopic (exact) mass is 396 g/mol. The molecule has 0 bridgehead atoms. The van der Waals surface area contributed by atoms with E-state index in [4.69, 9.17) is 4.74 Å². The third kappa shape index (κ3) is 5.65. The van der Waals surface area contributed by atoms with Gasteiger partial charge in [-0.2, -0.15) is 8.78 Å². The number of ether oxygens (including phenoxy) is 1. The Balaban J connectivity index is 1.85. The second kappa shape index (κ2) is 9.06. The summed E-state index contributed by atoms with van der Waals surface area (Å²) in [5.41, 5.74) is 0.0933. The van der Waals surface area contributed by atoms with Gasteiger partial charge in [0, 0.05) is 45.1 Å². The predicted molar refractivity (Wildman–Crippen MR) is 107 cm³/mol. The lowest BCUT2D eigenvalue weighted by molar-refractivity contribution is -0.159. The van der Waals surface area contributed by atoms with Crippen LogP contribution in [0.1, 0.15) is 63.9 Å². The fourth-order valence-electron chi connectivity index (χ4n) is 4.69. The molecule has 0 spiro atoms. The summed E-state index contributed by atoms with van der Waals surface area (Å²) in [6, 6.07) is 7.40. The molecule has 1 aromatic rings. The van der Waals surface area contributed by atoms with Crippen LogP contribution in [0.4, 0.5) is 8.78 Å². The van der Waals surface area contributed by atoms with Crippen molar-refractivity contribution >= 4 is 0 Å². The number of alkyl halides is 2. The van der Waals surface area contributed by atoms with E-state index < -0.39 is 11.7 Å². The van der Waals surface area contributed by atoms with Crippen LogP contribution in [0.3, 0.4) is 0 Å². The van der Waals surface area contributed by atoms with Crippen LogP contribution in [-0.2, 0) is 0 Å². The molecule has 1 aromatic carbocycles. The molecular formula is C22H34F2N2O2. The van der Waals surface area contributed by atoms with Crippen molar-refractivity contribution < 1.29 is 18.6 Å². The van der Waals surface area contributed by atoms with Crippen LogP contribution in [0.2, 0.25) is 0 Å². The zero-order chi connectivity index (χ0) is 20.2. The molecule has 0 aromatic heterocycles. The molecule has 0 amide bonds. The summed E-state index contributed by atoms with van der Waals surface area (Å²) in [5, 5.41) is 15.1. The smallest absolute Gasteiger partial charge is 0.394 e. The zero-order valence-electron chi connectivity index (χ0n) is 17.1. The Kier molecular flexibility index (Phi) is 6.94. The molecule has 3 rings (SSSR count). The van der Waals surface area contributed by atoms with E-state index in [2.05, 4.69) is 17.1 Å². The van der Waals surface area contributed by atoms with Crippen LogP contribution in [0, 0.1) is 0 Å². The predicted octanol–water partition coefficient (Wildman–Crippen LogP) is 4.14. The van der Waals surface area contributed by atoms with E-state index in [-0.39, 0.29) is 11.7 Å². The van der Waals surface area contributed by atoms with Crippen molar-refractivity contribution in [3.63, 3.8) is 0 Å². The number of nitrogens with one attached hydrogen (secondary N) is 1. The quantitative estimate of drug-likeness (QED) is 0.727. The van der Waals surface area contributed by atoms with E-state index in [0.717, 1.165) is 77.2 Å². The Hall–Kier alpha value is -1.24. The van der Waals surface area contributed by atoms with Crippen LogP contribution >= 0.6 is 0 Å². The van der Waals surface area contributed by atoms with Crippen LogP contribution < -0.4 is 10.1 Å². The molecule has 2 N–H and O–H groups in total. The Bertz CT molecular complexity index is 629. The van der Waals surface area contributed by atoms with Crippen molar-refractivity contribution in [2.75, 3.05) is 26.2 Å². The molecule has 0 radical (unpaired) electrons. The van der Waals surface area contributed by atoms with Crippen molar-refractivity contribution in [1.29, 1.82) is 0 Å². The maximum absolute atomic E-state index is 13.3. The molecule has 158 valence electrons. The molecular weight excluding hydrogens is 362 g/mol. The maximum Gasteiger partial charge on any atom is 0.394 e. The standard InChI is InChI=1S/C22H34F2N2O2/c1-3-18-15-26(13-12-25-18)16-20(22(27)10-5-4-6-11-22)17-8-7-9-19(14-17)28-21(2,23)24/h7-9,14,18,20,25,27H,3-6,10-13,15-16H2,1-2H3/t18?,20-/m1/s1. The van der Waals surface area contributed by atoms with E-state index in [9.17, 15) is 13.9 Å². The average molecular weight is 397 g/mol. The Morgan fingerprint density at radius 2 is 2.07 bits per heavy atom. The lowest BCUT2D eigenvalue weighted by atomic mass is 9.72. The Morgan fingerprint density at radius 3 is 2.75 bits per heavy atom. The minimum atomic E-state index is -3.22. The van der Waals surface area contributed by atoms with Gasteiger partial charge >= 0.3 is 6.11 Å². The SMILES string of the molecule is CCC1CN(C[C@H](c2cccc(OC(C)(F)F)c2)C2(O)CCCCC2)CCN1. The second-order valence-electron chi connectivity index (χ2n) is 8.52. The number of rotatable bonds is 7. The topological polar surface area (TPSA) is 44.7 Å². The van der Waals surface area contributed by atoms with E-state index in [1.807, 2.05) is 6.07 Å². The van der Waals surface area contributed by atoms with Gasteiger partial charge in [0.25, 0.3) is 0 Å². The van der Waals surface area contributed by atoms with Crippen molar-refractivity contribution in [2.24, 2.45) is 0 Å². The largest absolute Gasteiger partial charge is 0.433 e. The summed E-state index contributed by atoms with van der Waals surface area (Å²) in [7, 11) is 0. The number of aliphatic hydroxyl groups is 1. The number of hydrogen-bond acceptors (Lipinski definition) is 4. The molecule has 1 saturated heterocycles. The second-order valence-corrected chi connectivity index (χ2v) is 8.52. The third-order valence-corrected chi connectivity index (χ3v) is 6.20. The fraction of sp³-hybridized carbons (Fsp3) is 0.727. The summed E-state index contributed by atoms with van der Waals surface area (Å²) >= 11 is 0. The summed E-state index contributed by atoms with van der Waals surface area (Å²) in [5.74, 6) is 0.0404. The molecule has 1 aliphatic heterocycles. The molecule has 28 heavy (non-hydrogen) atoms. The van der Waals surface area contributed by atoms with E-state index in [0.29, 0.717) is 6.04 Å². The first-order chi connectivity index (χ1) is 13.3. The Labute approximate surface area is 167 Å². The minimum Gasteiger partial charge on any atom is -0.433 e. The van der Waals surface area contributed by atoms with Crippen LogP contribution in [0.15, 0.2) is 24.3 Å². The van der Waals surface area contributed by atoms with Gasteiger partial charge < -0.3 is 15.2 Å². The first kappa shape index (κ1) is 21.5. The number of nitrogens with zero attached hydrogens (tertiary/aromatic N) is 1. The molecule has 2 atom stereocenters. The highest BCUT2D eigenvalue weighted by Gasteiger charge is 2.40. The van der Waals surface area contributed by atoms with E-state index in [1.165, 1.54) is 0 Å². The molecule has 1 saturated carbocycles. The normalized spacial score (nSPS) is 24.7. The van der Waals surface area contributed by atoms with Crippen molar-refractivity contribution in [1.82, 2.24) is 10.2 Å². The van der Waals surface area contributed by atoms with Gasteiger partial charge in [0.1, 0.15) is 5.75 Å². The van der Waals surface area contributed by atoms with Gasteiger partial charge in [0.2, 0.25) is 0 Å². The molecule has 1 heterocycles. The molecule has 6 heteroatoms. The highest BCUT2D eigenvalue weighted by molar-refractivity contribution is 5.33. The number of benzene rings is 1. The molecule has 2 aliphatic rings. The molecule has 2 fully saturated rings. The number of halogens is 2. The van der Waals surface area contributed by atoms with E-state index >= 15 is 0 Å². The molecule has 4 nitrogen and oxygen atoms in total. The van der Waals surface area contributed by atoms with E-state index in [1.54, 1.807) is 18.2 Å². The summed E-state index contributed by atoms with van der Waals surface area (Å²) in [6.45, 7) is 6.49. The summed E-state index contributed by atoms with van der Waals surface area (Å²) in [4.78, 5) is 2.41. The van der Waals surface area contributed by atoms with Gasteiger partial charge in [-0.1, -0.05) is 38.3 Å². The first-order valence-electron chi connectivity index (χ1n) is 10.6. The van der Waals surface area contributed by atoms with Gasteiger partial charge in [-0.3, -0.25) is 4.90 Å². The van der Waals surface area contributed by atoms with Crippen LogP contribution in [-0.4, -0.2) is 53.9 Å². The average Bonchev–Trinajstić information content (AvgIpc) is 2.65. The lowest BCUT2D eigenvalue weighted by Gasteiger charge is -2.43. The van der Waals surface area contributed by atoms with Crippen molar-refractivity contribution in [3.05, 3.63) is 29.8 Å². The van der Waals surface area contributed by atoms with Crippen molar-refractivity contribution in [2.45, 2.75) is 76.0 Å². The Morgan fingerprint density at radius 1 is 1.32 bits per heavy atom. The zero-order valence-corrected chi connectivity index (χ0v) is 17.1. The van der Waals surface area contributed by atoms with Gasteiger partial charge in [-0.05, 0) is 37.0 Å². The lowest BCUT2D eigenvalue weighted by Crippen LogP contribution is -2.53. The van der Waals surface area contributed by atoms with Crippen LogP contribution in [0.25, 0.3) is 0 Å². The number of piperazine rings is 1. The van der Waals surface area contributed by atoms with Gasteiger partial charge in [0.05, 0.1) is 5.60 Å². The van der Waals surface area contributed by atoms with Crippen LogP contribution in [0.5, 0.6) is 5.75 Å². The highest BCUT2D eigenvalue weighted by atomic mass is 19.3. The molecule has 1 unspecified atom stereocenters. The summed E-state index contributed by atoms with van der Waals surface area (Å²) < 4.78 is 31.5. The highest BCUT2D eigenvalue weighted by Crippen LogP contribution is 2.41. The summed E-state index contributed by atoms with van der Waals surface area (Å²) in [6.07, 6.45) is 2.53. The maximum atomic E-state index is 13.3. The van der Waals surface area contributed by atoms with Gasteiger partial charge in [-0.15, -0.1) is 0 Å². The first-order valence-corrected chi connectivity index (χ1v) is 10.6. The van der Waals surface area contributed by atoms with Crippen molar-refractivity contribution in [3.8, 4) is 5.75 Å². The number of hydrogen-bond donors (Lipinski definition) is 2. The van der Waals surface area contributed by atoms with Gasteiger partial charge in [0.15, 0.2) is 0 Å². The fourth-order valence-corrected chi connectivity index (χ4v) is 4.69.